The predicted octanol–water partition coefficient (Wildman–Crippen LogP) is 1.84. The molecule has 0 aliphatic rings. The van der Waals surface area contributed by atoms with Crippen molar-refractivity contribution in [3.63, 3.8) is 0 Å². The van der Waals surface area contributed by atoms with Crippen LogP contribution in [0.3, 0.4) is 0 Å². The molecule has 0 saturated carbocycles. The van der Waals surface area contributed by atoms with E-state index in [1.807, 2.05) is 12.1 Å². The van der Waals surface area contributed by atoms with E-state index in [-0.39, 0.29) is 6.04 Å². The van der Waals surface area contributed by atoms with Gasteiger partial charge >= 0.3 is 0 Å². The lowest BCUT2D eigenvalue weighted by atomic mass is 10.0. The van der Waals surface area contributed by atoms with Crippen molar-refractivity contribution in [3.05, 3.63) is 46.3 Å². The maximum atomic E-state index is 6.09. The lowest BCUT2D eigenvalue weighted by molar-refractivity contribution is 0.670. The molecule has 84 valence electrons. The van der Waals surface area contributed by atoms with Gasteiger partial charge in [0.1, 0.15) is 5.82 Å². The van der Waals surface area contributed by atoms with E-state index >= 15 is 0 Å². The number of anilines is 1. The normalized spacial score (nSPS) is 12.6. The van der Waals surface area contributed by atoms with Crippen LogP contribution in [0.4, 0.5) is 5.82 Å². The summed E-state index contributed by atoms with van der Waals surface area (Å²) < 4.78 is 0. The van der Waals surface area contributed by atoms with Gasteiger partial charge in [0.15, 0.2) is 0 Å². The van der Waals surface area contributed by atoms with Crippen LogP contribution >= 0.6 is 11.3 Å². The summed E-state index contributed by atoms with van der Waals surface area (Å²) in [5.74, 6) is 0.556. The van der Waals surface area contributed by atoms with Crippen LogP contribution in [0.25, 0.3) is 0 Å². The van der Waals surface area contributed by atoms with Gasteiger partial charge in [0, 0.05) is 17.1 Å². The molecule has 4 heteroatoms. The van der Waals surface area contributed by atoms with Crippen LogP contribution in [0.15, 0.2) is 35.8 Å². The number of aromatic nitrogens is 1. The Morgan fingerprint density at radius 2 is 2.19 bits per heavy atom. The fourth-order valence-electron chi connectivity index (χ4n) is 1.68. The largest absolute Gasteiger partial charge is 0.384 e. The van der Waals surface area contributed by atoms with Crippen molar-refractivity contribution in [2.75, 3.05) is 5.73 Å². The number of hydrogen-bond acceptors (Lipinski definition) is 4. The first-order chi connectivity index (χ1) is 7.74. The molecular weight excluding hydrogens is 218 g/mol. The van der Waals surface area contributed by atoms with Crippen LogP contribution < -0.4 is 11.5 Å². The zero-order valence-electron chi connectivity index (χ0n) is 8.97. The van der Waals surface area contributed by atoms with E-state index in [1.165, 1.54) is 4.88 Å². The second-order valence-corrected chi connectivity index (χ2v) is 4.87. The van der Waals surface area contributed by atoms with Crippen molar-refractivity contribution in [1.82, 2.24) is 4.98 Å². The fraction of sp³-hybridized carbons (Fsp3) is 0.250. The SMILES string of the molecule is Nc1cc(CC(N)Cc2cccs2)ccn1. The molecule has 16 heavy (non-hydrogen) atoms. The third-order valence-electron chi connectivity index (χ3n) is 2.39. The number of nitrogen functional groups attached to an aromatic ring is 1. The van der Waals surface area contributed by atoms with Crippen LogP contribution in [0.5, 0.6) is 0 Å². The molecule has 0 spiro atoms. The number of rotatable bonds is 4. The summed E-state index contributed by atoms with van der Waals surface area (Å²) in [4.78, 5) is 5.29. The number of nitrogens with two attached hydrogens (primary N) is 2. The van der Waals surface area contributed by atoms with Crippen molar-refractivity contribution < 1.29 is 0 Å². The van der Waals surface area contributed by atoms with Gasteiger partial charge in [0.25, 0.3) is 0 Å². The molecule has 2 rings (SSSR count). The highest BCUT2D eigenvalue weighted by Gasteiger charge is 2.06. The van der Waals surface area contributed by atoms with Crippen LogP contribution in [-0.2, 0) is 12.8 Å². The Morgan fingerprint density at radius 1 is 1.31 bits per heavy atom. The van der Waals surface area contributed by atoms with E-state index in [4.69, 9.17) is 11.5 Å². The summed E-state index contributed by atoms with van der Waals surface area (Å²) in [5.41, 5.74) is 12.9. The fourth-order valence-corrected chi connectivity index (χ4v) is 2.48. The molecule has 0 radical (unpaired) electrons. The highest BCUT2D eigenvalue weighted by atomic mass is 32.1. The van der Waals surface area contributed by atoms with E-state index in [9.17, 15) is 0 Å². The Balaban J connectivity index is 1.94. The van der Waals surface area contributed by atoms with E-state index in [0.717, 1.165) is 18.4 Å². The molecule has 0 aromatic carbocycles. The van der Waals surface area contributed by atoms with Gasteiger partial charge in [-0.2, -0.15) is 0 Å². The molecular formula is C12H15N3S. The van der Waals surface area contributed by atoms with Crippen molar-refractivity contribution in [1.29, 1.82) is 0 Å². The Morgan fingerprint density at radius 3 is 2.88 bits per heavy atom. The van der Waals surface area contributed by atoms with Crippen LogP contribution in [0, 0.1) is 0 Å². The van der Waals surface area contributed by atoms with Gasteiger partial charge in [-0.25, -0.2) is 4.98 Å². The van der Waals surface area contributed by atoms with Crippen molar-refractivity contribution in [3.8, 4) is 0 Å². The zero-order valence-corrected chi connectivity index (χ0v) is 9.78. The quantitative estimate of drug-likeness (QED) is 0.847. The van der Waals surface area contributed by atoms with Gasteiger partial charge in [-0.3, -0.25) is 0 Å². The van der Waals surface area contributed by atoms with Crippen molar-refractivity contribution in [2.45, 2.75) is 18.9 Å². The van der Waals surface area contributed by atoms with Crippen molar-refractivity contribution >= 4 is 17.2 Å². The van der Waals surface area contributed by atoms with E-state index in [0.29, 0.717) is 5.82 Å². The third-order valence-corrected chi connectivity index (χ3v) is 3.29. The molecule has 1 unspecified atom stereocenters. The second kappa shape index (κ2) is 5.09. The highest BCUT2D eigenvalue weighted by Crippen LogP contribution is 2.13. The van der Waals surface area contributed by atoms with E-state index in [1.54, 1.807) is 17.5 Å². The molecule has 1 atom stereocenters. The van der Waals surface area contributed by atoms with E-state index in [2.05, 4.69) is 22.5 Å². The molecule has 0 amide bonds. The Labute approximate surface area is 99.1 Å². The molecule has 4 N–H and O–H groups in total. The summed E-state index contributed by atoms with van der Waals surface area (Å²) in [7, 11) is 0. The molecule has 0 aliphatic heterocycles. The molecule has 0 aliphatic carbocycles. The summed E-state index contributed by atoms with van der Waals surface area (Å²) in [5, 5.41) is 2.08. The van der Waals surface area contributed by atoms with Gasteiger partial charge in [0.05, 0.1) is 0 Å². The number of pyridine rings is 1. The average Bonchev–Trinajstić information content (AvgIpc) is 2.70. The minimum absolute atomic E-state index is 0.139. The second-order valence-electron chi connectivity index (χ2n) is 3.84. The minimum atomic E-state index is 0.139. The Kier molecular flexibility index (Phi) is 3.54. The van der Waals surface area contributed by atoms with Crippen LogP contribution in [0.2, 0.25) is 0 Å². The minimum Gasteiger partial charge on any atom is -0.384 e. The summed E-state index contributed by atoms with van der Waals surface area (Å²) in [6, 6.07) is 8.15. The summed E-state index contributed by atoms with van der Waals surface area (Å²) in [6.07, 6.45) is 3.48. The highest BCUT2D eigenvalue weighted by molar-refractivity contribution is 7.09. The monoisotopic (exact) mass is 233 g/mol. The first kappa shape index (κ1) is 11.1. The zero-order chi connectivity index (χ0) is 11.4. The van der Waals surface area contributed by atoms with Crippen LogP contribution in [0.1, 0.15) is 10.4 Å². The molecule has 0 bridgehead atoms. The van der Waals surface area contributed by atoms with E-state index < -0.39 is 0 Å². The number of hydrogen-bond donors (Lipinski definition) is 2. The molecule has 2 aromatic heterocycles. The van der Waals surface area contributed by atoms with Crippen LogP contribution in [-0.4, -0.2) is 11.0 Å². The molecule has 2 heterocycles. The number of nitrogens with zero attached hydrogens (tertiary/aromatic N) is 1. The van der Waals surface area contributed by atoms with Gasteiger partial charge in [-0.15, -0.1) is 11.3 Å². The van der Waals surface area contributed by atoms with Crippen molar-refractivity contribution in [2.24, 2.45) is 5.73 Å². The summed E-state index contributed by atoms with van der Waals surface area (Å²) >= 11 is 1.75. The molecule has 0 fully saturated rings. The lowest BCUT2D eigenvalue weighted by Gasteiger charge is -2.10. The maximum Gasteiger partial charge on any atom is 0.123 e. The molecule has 2 aromatic rings. The topological polar surface area (TPSA) is 64.9 Å². The van der Waals surface area contributed by atoms with Gasteiger partial charge in [0.2, 0.25) is 0 Å². The smallest absolute Gasteiger partial charge is 0.123 e. The van der Waals surface area contributed by atoms with Gasteiger partial charge in [-0.1, -0.05) is 6.07 Å². The third kappa shape index (κ3) is 3.05. The first-order valence-corrected chi connectivity index (χ1v) is 6.10. The Bertz CT molecular complexity index is 439. The predicted molar refractivity (Wildman–Crippen MR) is 68.4 cm³/mol. The lowest BCUT2D eigenvalue weighted by Crippen LogP contribution is -2.25. The number of thiophene rings is 1. The van der Waals surface area contributed by atoms with Gasteiger partial charge < -0.3 is 11.5 Å². The standard InChI is InChI=1S/C12H15N3S/c13-10(8-11-2-1-5-16-11)6-9-3-4-15-12(14)7-9/h1-5,7,10H,6,8,13H2,(H2,14,15). The maximum absolute atomic E-state index is 6.09. The summed E-state index contributed by atoms with van der Waals surface area (Å²) in [6.45, 7) is 0. The average molecular weight is 233 g/mol. The van der Waals surface area contributed by atoms with Gasteiger partial charge in [-0.05, 0) is 42.0 Å². The Hall–Kier alpha value is -1.39. The first-order valence-electron chi connectivity index (χ1n) is 5.22. The molecule has 0 saturated heterocycles. The molecule has 3 nitrogen and oxygen atoms in total.